The van der Waals surface area contributed by atoms with Crippen molar-refractivity contribution in [1.29, 1.82) is 0 Å². The van der Waals surface area contributed by atoms with Gasteiger partial charge in [-0.05, 0) is 50.5 Å². The highest BCUT2D eigenvalue weighted by Gasteiger charge is 2.67. The van der Waals surface area contributed by atoms with Crippen LogP contribution in [-0.4, -0.2) is 77.6 Å². The molecule has 0 aliphatic carbocycles. The molecule has 174 valence electrons. The van der Waals surface area contributed by atoms with E-state index < -0.39 is 17.9 Å². The van der Waals surface area contributed by atoms with Crippen LogP contribution in [0, 0.1) is 0 Å². The first-order valence-electron chi connectivity index (χ1n) is 11.7. The van der Waals surface area contributed by atoms with Gasteiger partial charge >= 0.3 is 0 Å². The normalized spacial score (nSPS) is 36.8. The molecule has 2 spiro atoms. The molecule has 1 N–H and O–H groups in total. The van der Waals surface area contributed by atoms with Crippen LogP contribution in [0.3, 0.4) is 0 Å². The van der Waals surface area contributed by atoms with E-state index in [1.807, 2.05) is 56.1 Å². The highest BCUT2D eigenvalue weighted by atomic mass is 16.7. The Bertz CT molecular complexity index is 878. The summed E-state index contributed by atoms with van der Waals surface area (Å²) in [6.45, 7) is 6.64. The van der Waals surface area contributed by atoms with Gasteiger partial charge in [0.25, 0.3) is 0 Å². The number of hydrogen-bond acceptors (Lipinski definition) is 6. The zero-order valence-electron chi connectivity index (χ0n) is 19.3. The van der Waals surface area contributed by atoms with Gasteiger partial charge in [-0.1, -0.05) is 17.7 Å². The molecule has 0 aromatic heterocycles. The number of likely N-dealkylation sites (N-methyl/N-ethyl adjacent to an activating group) is 1. The average Bonchev–Trinajstić information content (AvgIpc) is 3.23. The molecule has 5 heterocycles. The number of benzene rings is 1. The third kappa shape index (κ3) is 3.46. The number of ether oxygens (including phenoxy) is 3. The van der Waals surface area contributed by atoms with E-state index in [9.17, 15) is 9.90 Å². The number of fused-ring (bicyclic) bond motifs is 2. The largest absolute Gasteiger partial charge is 0.490 e. The second kappa shape index (κ2) is 8.13. The molecule has 6 atom stereocenters. The summed E-state index contributed by atoms with van der Waals surface area (Å²) in [5.41, 5.74) is 1.69. The molecule has 0 saturated carbocycles. The summed E-state index contributed by atoms with van der Waals surface area (Å²) >= 11 is 0. The molecule has 5 aliphatic heterocycles. The van der Waals surface area contributed by atoms with Gasteiger partial charge < -0.3 is 24.2 Å². The average molecular weight is 443 g/mol. The van der Waals surface area contributed by atoms with Crippen LogP contribution >= 0.6 is 0 Å². The Morgan fingerprint density at radius 2 is 2.03 bits per heavy atom. The molecular weight excluding hydrogens is 408 g/mol. The number of aliphatic hydroxyl groups is 1. The minimum absolute atomic E-state index is 0.0272. The van der Waals surface area contributed by atoms with Crippen molar-refractivity contribution >= 4 is 5.91 Å². The predicted molar refractivity (Wildman–Crippen MR) is 119 cm³/mol. The van der Waals surface area contributed by atoms with E-state index in [4.69, 9.17) is 14.2 Å². The van der Waals surface area contributed by atoms with E-state index in [-0.39, 0.29) is 17.5 Å². The number of carbonyl (C=O) groups excluding carboxylic acids is 1. The fourth-order valence-corrected chi connectivity index (χ4v) is 5.82. The van der Waals surface area contributed by atoms with Crippen molar-refractivity contribution in [2.45, 2.75) is 69.0 Å². The van der Waals surface area contributed by atoms with E-state index in [2.05, 4.69) is 4.90 Å². The van der Waals surface area contributed by atoms with Crippen molar-refractivity contribution in [2.24, 2.45) is 0 Å². The number of carbonyl (C=O) groups is 1. The highest BCUT2D eigenvalue weighted by molar-refractivity contribution is 5.85. The standard InChI is InChI=1S/C25H34N2O5/c1-17(2)9-14-30-19-7-5-18(6-8-19)22(28)21-23(29)26(3)20-15-27(21)24(20)11-12-25(32-16-24)10-4-13-31-25/h5-9,20-22,28H,4,10-16H2,1-3H3. The van der Waals surface area contributed by atoms with E-state index in [0.29, 0.717) is 13.2 Å². The van der Waals surface area contributed by atoms with Gasteiger partial charge in [0.05, 0.1) is 24.8 Å². The molecule has 7 nitrogen and oxygen atoms in total. The van der Waals surface area contributed by atoms with Crippen molar-refractivity contribution < 1.29 is 24.1 Å². The predicted octanol–water partition coefficient (Wildman–Crippen LogP) is 2.65. The summed E-state index contributed by atoms with van der Waals surface area (Å²) in [7, 11) is 1.86. The molecule has 7 heteroatoms. The van der Waals surface area contributed by atoms with Crippen molar-refractivity contribution in [1.82, 2.24) is 9.80 Å². The minimum atomic E-state index is -0.909. The molecule has 6 unspecified atom stereocenters. The van der Waals surface area contributed by atoms with Gasteiger partial charge in [-0.3, -0.25) is 9.69 Å². The maximum Gasteiger partial charge on any atom is 0.243 e. The van der Waals surface area contributed by atoms with Crippen LogP contribution in [-0.2, 0) is 14.3 Å². The Morgan fingerprint density at radius 3 is 2.66 bits per heavy atom. The minimum Gasteiger partial charge on any atom is -0.490 e. The summed E-state index contributed by atoms with van der Waals surface area (Å²) in [6, 6.07) is 6.94. The molecular formula is C25H34N2O5. The van der Waals surface area contributed by atoms with Crippen molar-refractivity contribution in [3.8, 4) is 5.75 Å². The number of amides is 1. The third-order valence-corrected chi connectivity index (χ3v) is 7.82. The van der Waals surface area contributed by atoms with Gasteiger partial charge in [0.15, 0.2) is 5.79 Å². The lowest BCUT2D eigenvalue weighted by atomic mass is 9.68. The SMILES string of the molecule is CC(C)=CCOc1ccc(C(O)C2C(=O)N(C)C3CN2C32CCC3(CCCO3)OC2)cc1. The quantitative estimate of drug-likeness (QED) is 0.707. The van der Waals surface area contributed by atoms with E-state index in [0.717, 1.165) is 50.1 Å². The van der Waals surface area contributed by atoms with Gasteiger partial charge in [-0.25, -0.2) is 0 Å². The Labute approximate surface area is 189 Å². The topological polar surface area (TPSA) is 71.5 Å². The smallest absolute Gasteiger partial charge is 0.243 e. The van der Waals surface area contributed by atoms with Gasteiger partial charge in [-0.2, -0.15) is 0 Å². The Hall–Kier alpha value is -1.93. The summed E-state index contributed by atoms with van der Waals surface area (Å²) in [5.74, 6) is 0.281. The van der Waals surface area contributed by atoms with Crippen LogP contribution in [0.2, 0.25) is 0 Å². The molecule has 0 radical (unpaired) electrons. The third-order valence-electron chi connectivity index (χ3n) is 7.82. The Morgan fingerprint density at radius 1 is 1.25 bits per heavy atom. The maximum absolute atomic E-state index is 13.2. The van der Waals surface area contributed by atoms with Crippen LogP contribution in [0.5, 0.6) is 5.75 Å². The summed E-state index contributed by atoms with van der Waals surface area (Å²) in [4.78, 5) is 17.2. The number of hydrogen-bond donors (Lipinski definition) is 1. The van der Waals surface area contributed by atoms with Crippen LogP contribution in [0.1, 0.15) is 51.2 Å². The molecule has 5 aliphatic rings. The molecule has 2 bridgehead atoms. The summed E-state index contributed by atoms with van der Waals surface area (Å²) < 4.78 is 18.0. The first-order chi connectivity index (χ1) is 15.4. The first-order valence-corrected chi connectivity index (χ1v) is 11.7. The molecule has 1 amide bonds. The van der Waals surface area contributed by atoms with E-state index in [1.54, 1.807) is 0 Å². The zero-order valence-corrected chi connectivity index (χ0v) is 19.3. The van der Waals surface area contributed by atoms with Crippen LogP contribution in [0.25, 0.3) is 0 Å². The van der Waals surface area contributed by atoms with E-state index in [1.165, 1.54) is 5.57 Å². The number of aliphatic hydroxyl groups excluding tert-OH is 1. The Kier molecular flexibility index (Phi) is 5.56. The molecule has 5 saturated heterocycles. The van der Waals surface area contributed by atoms with E-state index >= 15 is 0 Å². The highest BCUT2D eigenvalue weighted by Crippen LogP contribution is 2.52. The molecule has 1 aromatic carbocycles. The van der Waals surface area contributed by atoms with Crippen LogP contribution < -0.4 is 4.74 Å². The Balaban J connectivity index is 1.31. The van der Waals surface area contributed by atoms with Crippen molar-refractivity contribution in [3.05, 3.63) is 41.5 Å². The van der Waals surface area contributed by atoms with Gasteiger partial charge in [0, 0.05) is 26.4 Å². The van der Waals surface area contributed by atoms with Gasteiger partial charge in [-0.15, -0.1) is 0 Å². The first kappa shape index (κ1) is 21.9. The lowest BCUT2D eigenvalue weighted by Gasteiger charge is -2.69. The lowest BCUT2D eigenvalue weighted by Crippen LogP contribution is -2.87. The molecule has 1 aromatic rings. The number of allylic oxidation sites excluding steroid dienone is 1. The molecule has 6 rings (SSSR count). The van der Waals surface area contributed by atoms with Gasteiger partial charge in [0.1, 0.15) is 24.5 Å². The second-order valence-electron chi connectivity index (χ2n) is 9.92. The van der Waals surface area contributed by atoms with Crippen molar-refractivity contribution in [3.63, 3.8) is 0 Å². The second-order valence-corrected chi connectivity index (χ2v) is 9.92. The fourth-order valence-electron chi connectivity index (χ4n) is 5.82. The number of rotatable bonds is 5. The number of piperazine rings is 2. The summed E-state index contributed by atoms with van der Waals surface area (Å²) in [5, 5.41) is 11.3. The zero-order chi connectivity index (χ0) is 22.5. The summed E-state index contributed by atoms with van der Waals surface area (Å²) in [6.07, 6.45) is 4.84. The van der Waals surface area contributed by atoms with Crippen LogP contribution in [0.4, 0.5) is 0 Å². The lowest BCUT2D eigenvalue weighted by molar-refractivity contribution is -0.299. The van der Waals surface area contributed by atoms with Gasteiger partial charge in [0.2, 0.25) is 5.91 Å². The monoisotopic (exact) mass is 442 g/mol. The molecule has 5 fully saturated rings. The molecule has 32 heavy (non-hydrogen) atoms. The maximum atomic E-state index is 13.2. The van der Waals surface area contributed by atoms with Crippen molar-refractivity contribution in [2.75, 3.05) is 33.4 Å². The fraction of sp³-hybridized carbons (Fsp3) is 0.640. The van der Waals surface area contributed by atoms with Crippen LogP contribution in [0.15, 0.2) is 35.9 Å². The number of nitrogens with zero attached hydrogens (tertiary/aromatic N) is 2.